The Morgan fingerprint density at radius 2 is 2.18 bits per heavy atom. The lowest BCUT2D eigenvalue weighted by Crippen LogP contribution is -2.44. The molecule has 1 aliphatic rings. The van der Waals surface area contributed by atoms with E-state index in [0.29, 0.717) is 18.5 Å². The zero-order valence-corrected chi connectivity index (χ0v) is 11.9. The van der Waals surface area contributed by atoms with E-state index < -0.39 is 0 Å². The fourth-order valence-electron chi connectivity index (χ4n) is 2.61. The molecular weight excluding hydrogens is 232 g/mol. The topological polar surface area (TPSA) is 55.1 Å². The van der Waals surface area contributed by atoms with Crippen molar-refractivity contribution in [1.29, 1.82) is 0 Å². The van der Waals surface area contributed by atoms with Crippen LogP contribution >= 0.6 is 11.8 Å². The molecule has 1 rings (SSSR count). The van der Waals surface area contributed by atoms with E-state index in [-0.39, 0.29) is 11.8 Å². The number of carbonyl (C=O) groups excluding carboxylic acids is 1. The van der Waals surface area contributed by atoms with Crippen molar-refractivity contribution >= 4 is 17.7 Å². The van der Waals surface area contributed by atoms with Crippen molar-refractivity contribution in [3.05, 3.63) is 0 Å². The van der Waals surface area contributed by atoms with Gasteiger partial charge in [-0.3, -0.25) is 4.79 Å². The third-order valence-electron chi connectivity index (χ3n) is 3.76. The number of thioether (sulfide) groups is 1. The van der Waals surface area contributed by atoms with Crippen molar-refractivity contribution in [3.63, 3.8) is 0 Å². The molecule has 3 nitrogen and oxygen atoms in total. The van der Waals surface area contributed by atoms with Crippen LogP contribution in [0.1, 0.15) is 39.0 Å². The molecule has 3 unspecified atom stereocenters. The van der Waals surface area contributed by atoms with Crippen molar-refractivity contribution in [1.82, 2.24) is 5.32 Å². The normalized spacial score (nSPS) is 26.5. The summed E-state index contributed by atoms with van der Waals surface area (Å²) in [5, 5.41) is 3.19. The number of rotatable bonds is 6. The number of hydrogen-bond donors (Lipinski definition) is 2. The lowest BCUT2D eigenvalue weighted by molar-refractivity contribution is -0.128. The molecule has 100 valence electrons. The summed E-state index contributed by atoms with van der Waals surface area (Å²) in [5.74, 6) is 1.80. The average molecular weight is 258 g/mol. The van der Waals surface area contributed by atoms with Crippen molar-refractivity contribution in [2.75, 3.05) is 18.6 Å². The Bertz CT molecular complexity index is 235. The highest BCUT2D eigenvalue weighted by Gasteiger charge is 2.30. The Balaban J connectivity index is 2.49. The zero-order valence-electron chi connectivity index (χ0n) is 11.1. The lowest BCUT2D eigenvalue weighted by Gasteiger charge is -2.31. The van der Waals surface area contributed by atoms with Gasteiger partial charge in [0.1, 0.15) is 0 Å². The standard InChI is InChI=1S/C13H26N2OS/c1-3-11(9-17-2)15-13(16)12-7-5-4-6-10(12)8-14/h10-12H,3-9,14H2,1-2H3,(H,15,16). The van der Waals surface area contributed by atoms with Crippen LogP contribution in [0, 0.1) is 11.8 Å². The van der Waals surface area contributed by atoms with Gasteiger partial charge in [0.05, 0.1) is 0 Å². The number of amides is 1. The Hall–Kier alpha value is -0.220. The van der Waals surface area contributed by atoms with E-state index in [1.165, 1.54) is 12.8 Å². The second-order valence-electron chi connectivity index (χ2n) is 4.96. The summed E-state index contributed by atoms with van der Waals surface area (Å²) in [7, 11) is 0. The van der Waals surface area contributed by atoms with Gasteiger partial charge < -0.3 is 11.1 Å². The molecule has 0 heterocycles. The summed E-state index contributed by atoms with van der Waals surface area (Å²) in [4.78, 5) is 12.2. The molecule has 0 saturated heterocycles. The molecule has 0 radical (unpaired) electrons. The maximum atomic E-state index is 12.2. The monoisotopic (exact) mass is 258 g/mol. The SMILES string of the molecule is CCC(CSC)NC(=O)C1CCCCC1CN. The average Bonchev–Trinajstić information content (AvgIpc) is 2.38. The molecule has 3 N–H and O–H groups in total. The predicted octanol–water partition coefficient (Wildman–Crippen LogP) is 2.01. The summed E-state index contributed by atoms with van der Waals surface area (Å²) in [6, 6.07) is 0.317. The molecule has 17 heavy (non-hydrogen) atoms. The van der Waals surface area contributed by atoms with Gasteiger partial charge in [-0.25, -0.2) is 0 Å². The van der Waals surface area contributed by atoms with Gasteiger partial charge >= 0.3 is 0 Å². The number of carbonyl (C=O) groups is 1. The zero-order chi connectivity index (χ0) is 12.7. The summed E-state index contributed by atoms with van der Waals surface area (Å²) in [5.41, 5.74) is 5.77. The molecule has 0 aromatic heterocycles. The molecule has 0 spiro atoms. The van der Waals surface area contributed by atoms with Crippen LogP contribution in [-0.2, 0) is 4.79 Å². The molecule has 0 aromatic rings. The molecule has 1 saturated carbocycles. The van der Waals surface area contributed by atoms with Crippen LogP contribution in [0.4, 0.5) is 0 Å². The van der Waals surface area contributed by atoms with E-state index in [9.17, 15) is 4.79 Å². The fourth-order valence-corrected chi connectivity index (χ4v) is 3.33. The minimum Gasteiger partial charge on any atom is -0.352 e. The lowest BCUT2D eigenvalue weighted by atomic mass is 9.78. The van der Waals surface area contributed by atoms with E-state index in [0.717, 1.165) is 25.0 Å². The fraction of sp³-hybridized carbons (Fsp3) is 0.923. The van der Waals surface area contributed by atoms with Gasteiger partial charge in [-0.05, 0) is 38.0 Å². The summed E-state index contributed by atoms with van der Waals surface area (Å²) in [6.45, 7) is 2.78. The molecule has 0 aromatic carbocycles. The molecular formula is C13H26N2OS. The van der Waals surface area contributed by atoms with E-state index in [1.54, 1.807) is 11.8 Å². The van der Waals surface area contributed by atoms with Crippen LogP contribution in [0.3, 0.4) is 0 Å². The number of hydrogen-bond acceptors (Lipinski definition) is 3. The largest absolute Gasteiger partial charge is 0.352 e. The maximum absolute atomic E-state index is 12.2. The summed E-state index contributed by atoms with van der Waals surface area (Å²) < 4.78 is 0. The van der Waals surface area contributed by atoms with Gasteiger partial charge in [0, 0.05) is 17.7 Å². The second kappa shape index (κ2) is 7.98. The Kier molecular flexibility index (Phi) is 6.97. The van der Waals surface area contributed by atoms with Gasteiger partial charge in [0.2, 0.25) is 5.91 Å². The molecule has 4 heteroatoms. The smallest absolute Gasteiger partial charge is 0.223 e. The molecule has 1 amide bonds. The predicted molar refractivity (Wildman–Crippen MR) is 75.1 cm³/mol. The van der Waals surface area contributed by atoms with Crippen LogP contribution in [0.2, 0.25) is 0 Å². The molecule has 3 atom stereocenters. The second-order valence-corrected chi connectivity index (χ2v) is 5.87. The summed E-state index contributed by atoms with van der Waals surface area (Å²) >= 11 is 1.79. The maximum Gasteiger partial charge on any atom is 0.223 e. The van der Waals surface area contributed by atoms with Crippen LogP contribution < -0.4 is 11.1 Å². The van der Waals surface area contributed by atoms with Crippen LogP contribution in [0.15, 0.2) is 0 Å². The van der Waals surface area contributed by atoms with Gasteiger partial charge in [-0.15, -0.1) is 0 Å². The van der Waals surface area contributed by atoms with Gasteiger partial charge in [0.25, 0.3) is 0 Å². The van der Waals surface area contributed by atoms with Crippen molar-refractivity contribution in [2.24, 2.45) is 17.6 Å². The Morgan fingerprint density at radius 1 is 1.47 bits per heavy atom. The van der Waals surface area contributed by atoms with Crippen molar-refractivity contribution in [3.8, 4) is 0 Å². The number of nitrogens with one attached hydrogen (secondary N) is 1. The van der Waals surface area contributed by atoms with Gasteiger partial charge in [-0.2, -0.15) is 11.8 Å². The van der Waals surface area contributed by atoms with Crippen LogP contribution in [0.25, 0.3) is 0 Å². The molecule has 1 aliphatic carbocycles. The Morgan fingerprint density at radius 3 is 2.76 bits per heavy atom. The van der Waals surface area contributed by atoms with Crippen LogP contribution in [-0.4, -0.2) is 30.5 Å². The highest BCUT2D eigenvalue weighted by atomic mass is 32.2. The first kappa shape index (κ1) is 14.8. The van der Waals surface area contributed by atoms with Gasteiger partial charge in [-0.1, -0.05) is 19.8 Å². The Labute approximate surface area is 109 Å². The van der Waals surface area contributed by atoms with Crippen LogP contribution in [0.5, 0.6) is 0 Å². The molecule has 1 fully saturated rings. The number of nitrogens with two attached hydrogens (primary N) is 1. The van der Waals surface area contributed by atoms with E-state index in [4.69, 9.17) is 5.73 Å². The highest BCUT2D eigenvalue weighted by Crippen LogP contribution is 2.29. The highest BCUT2D eigenvalue weighted by molar-refractivity contribution is 7.98. The molecule has 0 aliphatic heterocycles. The van der Waals surface area contributed by atoms with Crippen molar-refractivity contribution in [2.45, 2.75) is 45.1 Å². The first-order chi connectivity index (χ1) is 8.22. The van der Waals surface area contributed by atoms with E-state index >= 15 is 0 Å². The van der Waals surface area contributed by atoms with Gasteiger partial charge in [0.15, 0.2) is 0 Å². The third kappa shape index (κ3) is 4.51. The van der Waals surface area contributed by atoms with E-state index in [1.807, 2.05) is 0 Å². The minimum atomic E-state index is 0.157. The first-order valence-electron chi connectivity index (χ1n) is 6.72. The minimum absolute atomic E-state index is 0.157. The quantitative estimate of drug-likeness (QED) is 0.766. The third-order valence-corrected chi connectivity index (χ3v) is 4.49. The first-order valence-corrected chi connectivity index (χ1v) is 8.11. The van der Waals surface area contributed by atoms with Crippen molar-refractivity contribution < 1.29 is 4.79 Å². The van der Waals surface area contributed by atoms with E-state index in [2.05, 4.69) is 18.5 Å². The summed E-state index contributed by atoms with van der Waals surface area (Å²) in [6.07, 6.45) is 7.63. The molecule has 0 bridgehead atoms.